The summed E-state index contributed by atoms with van der Waals surface area (Å²) in [6.07, 6.45) is 0.178. The van der Waals surface area contributed by atoms with E-state index >= 15 is 0 Å². The quantitative estimate of drug-likeness (QED) is 0.811. The minimum absolute atomic E-state index is 0.0592. The summed E-state index contributed by atoms with van der Waals surface area (Å²) in [5.74, 6) is -0.902. The number of sulfonamides is 1. The van der Waals surface area contributed by atoms with Crippen LogP contribution in [0.2, 0.25) is 0 Å². The van der Waals surface area contributed by atoms with Crippen LogP contribution in [0, 0.1) is 0 Å². The molecular weight excluding hydrogens is 348 g/mol. The number of imide groups is 1. The standard InChI is InChI=1S/C16H18N2O6S/c1-15(2)9-12(16(3,4)18(15)21)24-14(20)17-13(19)10-7-5-6-8-11(10)25(17,22)23/h5-9,21H,1-4H3. The van der Waals surface area contributed by atoms with Crippen LogP contribution in [0.5, 0.6) is 0 Å². The molecule has 0 spiro atoms. The first kappa shape index (κ1) is 17.6. The van der Waals surface area contributed by atoms with Crippen molar-refractivity contribution >= 4 is 22.0 Å². The second kappa shape index (κ2) is 5.13. The van der Waals surface area contributed by atoms with Crippen molar-refractivity contribution < 1.29 is 28.0 Å². The van der Waals surface area contributed by atoms with Crippen LogP contribution < -0.4 is 0 Å². The topological polar surface area (TPSA) is 104 Å². The summed E-state index contributed by atoms with van der Waals surface area (Å²) < 4.78 is 30.3. The van der Waals surface area contributed by atoms with Crippen LogP contribution >= 0.6 is 0 Å². The van der Waals surface area contributed by atoms with Crippen LogP contribution in [0.1, 0.15) is 38.1 Å². The second-order valence-corrected chi connectivity index (χ2v) is 8.73. The maximum absolute atomic E-state index is 12.5. The van der Waals surface area contributed by atoms with E-state index in [0.29, 0.717) is 0 Å². The van der Waals surface area contributed by atoms with Crippen molar-refractivity contribution in [2.45, 2.75) is 43.7 Å². The lowest BCUT2D eigenvalue weighted by Crippen LogP contribution is -2.48. The third-order valence-electron chi connectivity index (χ3n) is 4.35. The van der Waals surface area contributed by atoms with E-state index < -0.39 is 33.1 Å². The van der Waals surface area contributed by atoms with Gasteiger partial charge in [-0.1, -0.05) is 12.1 Å². The van der Waals surface area contributed by atoms with Gasteiger partial charge in [-0.15, -0.1) is 4.31 Å². The molecule has 0 aliphatic carbocycles. The maximum Gasteiger partial charge on any atom is 0.436 e. The number of hydrogen-bond donors (Lipinski definition) is 1. The number of carbonyl (C=O) groups is 2. The molecule has 0 atom stereocenters. The smallest absolute Gasteiger partial charge is 0.412 e. The highest BCUT2D eigenvalue weighted by atomic mass is 32.2. The Morgan fingerprint density at radius 1 is 1.16 bits per heavy atom. The second-order valence-electron chi connectivity index (χ2n) is 6.97. The van der Waals surface area contributed by atoms with Gasteiger partial charge in [0.1, 0.15) is 10.7 Å². The number of nitrogens with zero attached hydrogens (tertiary/aromatic N) is 2. The van der Waals surface area contributed by atoms with Gasteiger partial charge in [0.15, 0.2) is 0 Å². The number of fused-ring (bicyclic) bond motifs is 1. The number of ether oxygens (including phenoxy) is 1. The Kier molecular flexibility index (Phi) is 3.61. The van der Waals surface area contributed by atoms with Crippen molar-refractivity contribution in [2.24, 2.45) is 0 Å². The molecule has 0 saturated carbocycles. The Morgan fingerprint density at radius 2 is 1.76 bits per heavy atom. The van der Waals surface area contributed by atoms with Gasteiger partial charge in [-0.3, -0.25) is 4.79 Å². The molecule has 0 aromatic heterocycles. The molecule has 8 nitrogen and oxygen atoms in total. The molecule has 0 unspecified atom stereocenters. The monoisotopic (exact) mass is 366 g/mol. The van der Waals surface area contributed by atoms with Gasteiger partial charge in [0, 0.05) is 0 Å². The number of amides is 2. The van der Waals surface area contributed by atoms with E-state index in [4.69, 9.17) is 4.74 Å². The molecule has 1 aromatic rings. The van der Waals surface area contributed by atoms with Gasteiger partial charge in [-0.2, -0.15) is 5.06 Å². The van der Waals surface area contributed by atoms with Gasteiger partial charge < -0.3 is 9.94 Å². The summed E-state index contributed by atoms with van der Waals surface area (Å²) in [6.45, 7) is 6.61. The maximum atomic E-state index is 12.5. The molecule has 0 bridgehead atoms. The highest BCUT2D eigenvalue weighted by Gasteiger charge is 2.51. The fourth-order valence-electron chi connectivity index (χ4n) is 3.04. The highest BCUT2D eigenvalue weighted by Crippen LogP contribution is 2.40. The summed E-state index contributed by atoms with van der Waals surface area (Å²) in [7, 11) is -4.31. The summed E-state index contributed by atoms with van der Waals surface area (Å²) in [4.78, 5) is 24.6. The largest absolute Gasteiger partial charge is 0.436 e. The van der Waals surface area contributed by atoms with E-state index in [1.54, 1.807) is 27.7 Å². The predicted molar refractivity (Wildman–Crippen MR) is 86.1 cm³/mol. The van der Waals surface area contributed by atoms with Crippen LogP contribution in [0.25, 0.3) is 0 Å². The fourth-order valence-corrected chi connectivity index (χ4v) is 4.47. The van der Waals surface area contributed by atoms with Gasteiger partial charge >= 0.3 is 6.09 Å². The highest BCUT2D eigenvalue weighted by molar-refractivity contribution is 7.90. The van der Waals surface area contributed by atoms with E-state index in [1.807, 2.05) is 0 Å². The van der Waals surface area contributed by atoms with E-state index in [2.05, 4.69) is 0 Å². The Bertz CT molecular complexity index is 916. The van der Waals surface area contributed by atoms with Crippen molar-refractivity contribution in [1.82, 2.24) is 9.37 Å². The van der Waals surface area contributed by atoms with Crippen molar-refractivity contribution in [3.63, 3.8) is 0 Å². The third kappa shape index (κ3) is 2.38. The van der Waals surface area contributed by atoms with Crippen LogP contribution in [0.3, 0.4) is 0 Å². The number of benzene rings is 1. The zero-order valence-corrected chi connectivity index (χ0v) is 15.0. The molecule has 0 radical (unpaired) electrons. The average molecular weight is 366 g/mol. The first-order chi connectivity index (χ1) is 11.4. The van der Waals surface area contributed by atoms with Crippen LogP contribution in [0.15, 0.2) is 41.0 Å². The number of rotatable bonds is 1. The molecule has 0 fully saturated rings. The average Bonchev–Trinajstić information content (AvgIpc) is 2.81. The molecule has 2 aliphatic heterocycles. The SMILES string of the molecule is CC1(C)C=C(OC(=O)N2C(=O)c3ccccc3S2(=O)=O)C(C)(C)N1O. The van der Waals surface area contributed by atoms with Crippen LogP contribution in [0.4, 0.5) is 4.79 Å². The lowest BCUT2D eigenvalue weighted by molar-refractivity contribution is -0.190. The molecule has 25 heavy (non-hydrogen) atoms. The Balaban J connectivity index is 1.95. The van der Waals surface area contributed by atoms with Gasteiger partial charge in [0.2, 0.25) is 0 Å². The van der Waals surface area contributed by atoms with Gasteiger partial charge in [-0.05, 0) is 45.9 Å². The number of hydroxylamine groups is 2. The molecule has 2 aliphatic rings. The Hall–Kier alpha value is -2.23. The lowest BCUT2D eigenvalue weighted by atomic mass is 10.1. The Morgan fingerprint density at radius 3 is 2.28 bits per heavy atom. The fraction of sp³-hybridized carbons (Fsp3) is 0.375. The zero-order valence-electron chi connectivity index (χ0n) is 14.2. The molecule has 9 heteroatoms. The molecule has 2 amide bonds. The van der Waals surface area contributed by atoms with E-state index in [0.717, 1.165) is 5.06 Å². The molecule has 0 saturated heterocycles. The van der Waals surface area contributed by atoms with Crippen molar-refractivity contribution in [2.75, 3.05) is 0 Å². The van der Waals surface area contributed by atoms with E-state index in [-0.39, 0.29) is 20.5 Å². The van der Waals surface area contributed by atoms with Gasteiger partial charge in [-0.25, -0.2) is 13.2 Å². The predicted octanol–water partition coefficient (Wildman–Crippen LogP) is 2.11. The van der Waals surface area contributed by atoms with Crippen molar-refractivity contribution in [3.05, 3.63) is 41.7 Å². The van der Waals surface area contributed by atoms with E-state index in [9.17, 15) is 23.2 Å². The number of hydrogen-bond acceptors (Lipinski definition) is 7. The van der Waals surface area contributed by atoms with Crippen molar-refractivity contribution in [1.29, 1.82) is 0 Å². The summed E-state index contributed by atoms with van der Waals surface area (Å²) >= 11 is 0. The van der Waals surface area contributed by atoms with Gasteiger partial charge in [0.25, 0.3) is 15.9 Å². The summed E-state index contributed by atoms with van der Waals surface area (Å²) in [6, 6.07) is 5.57. The molecule has 2 heterocycles. The molecule has 3 rings (SSSR count). The zero-order chi connectivity index (χ0) is 18.8. The van der Waals surface area contributed by atoms with Crippen LogP contribution in [-0.4, -0.2) is 46.1 Å². The normalized spacial score (nSPS) is 23.3. The molecule has 1 aromatic carbocycles. The third-order valence-corrected chi connectivity index (χ3v) is 6.05. The molecular formula is C16H18N2O6S. The first-order valence-electron chi connectivity index (χ1n) is 7.54. The lowest BCUT2D eigenvalue weighted by Gasteiger charge is -2.35. The van der Waals surface area contributed by atoms with Crippen LogP contribution in [-0.2, 0) is 14.8 Å². The number of carbonyl (C=O) groups excluding carboxylic acids is 2. The van der Waals surface area contributed by atoms with Crippen molar-refractivity contribution in [3.8, 4) is 0 Å². The molecule has 134 valence electrons. The first-order valence-corrected chi connectivity index (χ1v) is 8.98. The molecule has 1 N–H and O–H groups in total. The van der Waals surface area contributed by atoms with Gasteiger partial charge in [0.05, 0.1) is 16.6 Å². The minimum Gasteiger partial charge on any atom is -0.412 e. The summed E-state index contributed by atoms with van der Waals surface area (Å²) in [5, 5.41) is 11.2. The van der Waals surface area contributed by atoms with E-state index in [1.165, 1.54) is 30.3 Å². The Labute approximate surface area is 145 Å². The minimum atomic E-state index is -4.31. The summed E-state index contributed by atoms with van der Waals surface area (Å²) in [5.41, 5.74) is -1.97.